The quantitative estimate of drug-likeness (QED) is 0.719. The fourth-order valence-corrected chi connectivity index (χ4v) is 1.61. The van der Waals surface area contributed by atoms with Gasteiger partial charge in [-0.05, 0) is 33.6 Å². The summed E-state index contributed by atoms with van der Waals surface area (Å²) in [5.41, 5.74) is 2.71. The second-order valence-electron chi connectivity index (χ2n) is 4.97. The molecule has 0 bridgehead atoms. The Morgan fingerprint density at radius 3 is 2.40 bits per heavy atom. The molecule has 4 heteroatoms. The summed E-state index contributed by atoms with van der Waals surface area (Å²) in [6, 6.07) is 0. The monoisotopic (exact) mass is 214 g/mol. The summed E-state index contributed by atoms with van der Waals surface area (Å²) in [6.07, 6.45) is 3.72. The summed E-state index contributed by atoms with van der Waals surface area (Å²) >= 11 is 0. The molecule has 1 N–H and O–H groups in total. The molecular weight excluding hydrogens is 192 g/mol. The number of hydrogen-bond acceptors (Lipinski definition) is 4. The molecule has 0 spiro atoms. The van der Waals surface area contributed by atoms with Crippen molar-refractivity contribution in [3.63, 3.8) is 0 Å². The van der Waals surface area contributed by atoms with E-state index in [0.717, 1.165) is 13.1 Å². The van der Waals surface area contributed by atoms with E-state index >= 15 is 0 Å². The molecule has 88 valence electrons. The molecule has 0 atom stereocenters. The van der Waals surface area contributed by atoms with Crippen molar-refractivity contribution in [2.45, 2.75) is 45.6 Å². The minimum absolute atomic E-state index is 0.187. The normalized spacial score (nSPS) is 18.9. The van der Waals surface area contributed by atoms with Crippen LogP contribution in [0.5, 0.6) is 0 Å². The SMILES string of the molecule is CC(C)(C)OC(=O)CNN1CCCCC1. The van der Waals surface area contributed by atoms with Crippen molar-refractivity contribution in [2.24, 2.45) is 0 Å². The molecule has 0 unspecified atom stereocenters. The zero-order chi connectivity index (χ0) is 11.3. The standard InChI is InChI=1S/C11H22N2O2/c1-11(2,3)15-10(14)9-12-13-7-5-4-6-8-13/h12H,4-9H2,1-3H3. The molecule has 0 aromatic heterocycles. The molecule has 0 amide bonds. The highest BCUT2D eigenvalue weighted by atomic mass is 16.6. The Kier molecular flexibility index (Phi) is 4.54. The average Bonchev–Trinajstić information content (AvgIpc) is 2.14. The molecule has 1 aliphatic rings. The van der Waals surface area contributed by atoms with Crippen LogP contribution < -0.4 is 5.43 Å². The first-order valence-corrected chi connectivity index (χ1v) is 5.68. The number of rotatable bonds is 3. The Morgan fingerprint density at radius 1 is 1.27 bits per heavy atom. The number of carbonyl (C=O) groups is 1. The lowest BCUT2D eigenvalue weighted by molar-refractivity contribution is -0.154. The summed E-state index contributed by atoms with van der Waals surface area (Å²) in [4.78, 5) is 11.4. The molecular formula is C11H22N2O2. The third-order valence-electron chi connectivity index (χ3n) is 2.22. The van der Waals surface area contributed by atoms with Gasteiger partial charge in [0.05, 0.1) is 0 Å². The Bertz CT molecular complexity index is 205. The van der Waals surface area contributed by atoms with Gasteiger partial charge in [0.1, 0.15) is 12.1 Å². The van der Waals surface area contributed by atoms with E-state index in [4.69, 9.17) is 4.74 Å². The van der Waals surface area contributed by atoms with Gasteiger partial charge < -0.3 is 4.74 Å². The number of hydrogen-bond donors (Lipinski definition) is 1. The molecule has 0 aromatic carbocycles. The summed E-state index contributed by atoms with van der Waals surface area (Å²) < 4.78 is 5.20. The largest absolute Gasteiger partial charge is 0.459 e. The van der Waals surface area contributed by atoms with Crippen LogP contribution in [0.15, 0.2) is 0 Å². The molecule has 0 aliphatic carbocycles. The third kappa shape index (κ3) is 5.74. The second-order valence-corrected chi connectivity index (χ2v) is 4.97. The summed E-state index contributed by atoms with van der Waals surface area (Å²) in [5.74, 6) is -0.187. The highest BCUT2D eigenvalue weighted by molar-refractivity contribution is 5.71. The van der Waals surface area contributed by atoms with Crippen molar-refractivity contribution in [1.29, 1.82) is 0 Å². The summed E-state index contributed by atoms with van der Waals surface area (Å²) in [7, 11) is 0. The van der Waals surface area contributed by atoms with Gasteiger partial charge in [-0.2, -0.15) is 0 Å². The van der Waals surface area contributed by atoms with Gasteiger partial charge in [0.2, 0.25) is 0 Å². The first-order chi connectivity index (χ1) is 6.97. The van der Waals surface area contributed by atoms with Crippen LogP contribution in [0.1, 0.15) is 40.0 Å². The van der Waals surface area contributed by atoms with E-state index in [0.29, 0.717) is 0 Å². The number of nitrogens with zero attached hydrogens (tertiary/aromatic N) is 1. The van der Waals surface area contributed by atoms with Crippen LogP contribution in [0.4, 0.5) is 0 Å². The Labute approximate surface area is 91.9 Å². The van der Waals surface area contributed by atoms with E-state index < -0.39 is 0 Å². The first kappa shape index (κ1) is 12.5. The molecule has 1 aliphatic heterocycles. The molecule has 1 heterocycles. The fraction of sp³-hybridized carbons (Fsp3) is 0.909. The average molecular weight is 214 g/mol. The van der Waals surface area contributed by atoms with Crippen LogP contribution in [0.3, 0.4) is 0 Å². The Morgan fingerprint density at radius 2 is 1.87 bits per heavy atom. The van der Waals surface area contributed by atoms with Gasteiger partial charge in [0, 0.05) is 13.1 Å². The highest BCUT2D eigenvalue weighted by Crippen LogP contribution is 2.07. The number of carbonyl (C=O) groups excluding carboxylic acids is 1. The van der Waals surface area contributed by atoms with Crippen molar-refractivity contribution in [3.8, 4) is 0 Å². The minimum Gasteiger partial charge on any atom is -0.459 e. The van der Waals surface area contributed by atoms with Crippen molar-refractivity contribution in [3.05, 3.63) is 0 Å². The number of piperidine rings is 1. The van der Waals surface area contributed by atoms with Crippen LogP contribution in [0.25, 0.3) is 0 Å². The molecule has 1 rings (SSSR count). The van der Waals surface area contributed by atoms with Gasteiger partial charge in [-0.1, -0.05) is 6.42 Å². The number of esters is 1. The first-order valence-electron chi connectivity index (χ1n) is 5.68. The molecule has 1 fully saturated rings. The van der Waals surface area contributed by atoms with Crippen LogP contribution in [-0.2, 0) is 9.53 Å². The van der Waals surface area contributed by atoms with Crippen molar-refractivity contribution >= 4 is 5.97 Å². The van der Waals surface area contributed by atoms with Gasteiger partial charge in [-0.15, -0.1) is 0 Å². The lowest BCUT2D eigenvalue weighted by Crippen LogP contribution is -2.45. The maximum Gasteiger partial charge on any atom is 0.321 e. The molecule has 0 aromatic rings. The maximum absolute atomic E-state index is 11.4. The van der Waals surface area contributed by atoms with E-state index in [1.807, 2.05) is 20.8 Å². The number of ether oxygens (including phenoxy) is 1. The van der Waals surface area contributed by atoms with E-state index in [-0.39, 0.29) is 18.1 Å². The van der Waals surface area contributed by atoms with Crippen LogP contribution in [0.2, 0.25) is 0 Å². The lowest BCUT2D eigenvalue weighted by Gasteiger charge is -2.27. The third-order valence-corrected chi connectivity index (χ3v) is 2.22. The smallest absolute Gasteiger partial charge is 0.321 e. The minimum atomic E-state index is -0.388. The second kappa shape index (κ2) is 5.47. The van der Waals surface area contributed by atoms with Gasteiger partial charge >= 0.3 is 5.97 Å². The van der Waals surface area contributed by atoms with Crippen molar-refractivity contribution in [1.82, 2.24) is 10.4 Å². The van der Waals surface area contributed by atoms with E-state index in [1.54, 1.807) is 0 Å². The van der Waals surface area contributed by atoms with Gasteiger partial charge in [0.25, 0.3) is 0 Å². The molecule has 1 saturated heterocycles. The zero-order valence-electron chi connectivity index (χ0n) is 10.0. The van der Waals surface area contributed by atoms with Crippen LogP contribution in [0, 0.1) is 0 Å². The predicted molar refractivity (Wildman–Crippen MR) is 59.3 cm³/mol. The van der Waals surface area contributed by atoms with E-state index in [2.05, 4.69) is 10.4 Å². The summed E-state index contributed by atoms with van der Waals surface area (Å²) in [6.45, 7) is 7.98. The molecule has 15 heavy (non-hydrogen) atoms. The fourth-order valence-electron chi connectivity index (χ4n) is 1.61. The molecule has 0 radical (unpaired) electrons. The van der Waals surface area contributed by atoms with E-state index in [1.165, 1.54) is 19.3 Å². The predicted octanol–water partition coefficient (Wildman–Crippen LogP) is 1.32. The van der Waals surface area contributed by atoms with Gasteiger partial charge in [-0.3, -0.25) is 4.79 Å². The van der Waals surface area contributed by atoms with Crippen LogP contribution in [-0.4, -0.2) is 36.2 Å². The summed E-state index contributed by atoms with van der Waals surface area (Å²) in [5, 5.41) is 2.10. The molecule has 4 nitrogen and oxygen atoms in total. The Balaban J connectivity index is 2.15. The van der Waals surface area contributed by atoms with Crippen LogP contribution >= 0.6 is 0 Å². The topological polar surface area (TPSA) is 41.6 Å². The van der Waals surface area contributed by atoms with Gasteiger partial charge in [0.15, 0.2) is 0 Å². The number of hydrazine groups is 1. The van der Waals surface area contributed by atoms with E-state index in [9.17, 15) is 4.79 Å². The maximum atomic E-state index is 11.4. The highest BCUT2D eigenvalue weighted by Gasteiger charge is 2.17. The lowest BCUT2D eigenvalue weighted by atomic mass is 10.2. The van der Waals surface area contributed by atoms with Crippen molar-refractivity contribution in [2.75, 3.05) is 19.6 Å². The van der Waals surface area contributed by atoms with Crippen molar-refractivity contribution < 1.29 is 9.53 Å². The van der Waals surface area contributed by atoms with Gasteiger partial charge in [-0.25, -0.2) is 10.4 Å². The zero-order valence-corrected chi connectivity index (χ0v) is 10.0. The molecule has 0 saturated carbocycles. The number of nitrogens with one attached hydrogen (secondary N) is 1. The Hall–Kier alpha value is -0.610.